The first kappa shape index (κ1) is 19.3. The van der Waals surface area contributed by atoms with Crippen LogP contribution in [0.4, 0.5) is 5.95 Å². The monoisotopic (exact) mass is 412 g/mol. The summed E-state index contributed by atoms with van der Waals surface area (Å²) in [7, 11) is 0. The van der Waals surface area contributed by atoms with Gasteiger partial charge in [-0.3, -0.25) is 19.3 Å². The van der Waals surface area contributed by atoms with Gasteiger partial charge >= 0.3 is 0 Å². The van der Waals surface area contributed by atoms with E-state index in [-0.39, 0.29) is 16.9 Å². The molecule has 0 saturated carbocycles. The first-order valence-electron chi connectivity index (χ1n) is 10.9. The van der Waals surface area contributed by atoms with Crippen molar-refractivity contribution in [3.63, 3.8) is 0 Å². The summed E-state index contributed by atoms with van der Waals surface area (Å²) in [6.45, 7) is 6.79. The summed E-state index contributed by atoms with van der Waals surface area (Å²) in [5.41, 5.74) is 2.31. The van der Waals surface area contributed by atoms with Gasteiger partial charge in [0, 0.05) is 49.9 Å². The van der Waals surface area contributed by atoms with Crippen LogP contribution in [0.15, 0.2) is 17.1 Å². The second kappa shape index (κ2) is 7.54. The zero-order valence-electron chi connectivity index (χ0n) is 17.4. The third kappa shape index (κ3) is 3.12. The number of morpholine rings is 1. The predicted octanol–water partition coefficient (Wildman–Crippen LogP) is 0.943. The van der Waals surface area contributed by atoms with E-state index in [0.717, 1.165) is 50.0 Å². The highest BCUT2D eigenvalue weighted by atomic mass is 16.5. The van der Waals surface area contributed by atoms with Gasteiger partial charge in [-0.2, -0.15) is 5.10 Å². The molecule has 3 aliphatic rings. The average Bonchev–Trinajstić information content (AvgIpc) is 3.40. The smallest absolute Gasteiger partial charge is 0.272 e. The van der Waals surface area contributed by atoms with Crippen molar-refractivity contribution in [2.75, 3.05) is 44.3 Å². The fraction of sp³-hybridized carbons (Fsp3) is 0.619. The molecule has 5 rings (SSSR count). The second-order valence-electron chi connectivity index (χ2n) is 8.42. The molecule has 9 nitrogen and oxygen atoms in total. The van der Waals surface area contributed by atoms with Crippen molar-refractivity contribution < 1.29 is 9.53 Å². The number of anilines is 1. The van der Waals surface area contributed by atoms with E-state index in [1.54, 1.807) is 16.9 Å². The number of carbonyl (C=O) groups is 1. The SMILES string of the molecule is CCn1nccc1C(=O)N1CCC2(CCc3c2nc(N2CCOCC2)[nH]c3=O)CC1. The Hall–Kier alpha value is -2.68. The van der Waals surface area contributed by atoms with Gasteiger partial charge in [-0.1, -0.05) is 0 Å². The molecule has 30 heavy (non-hydrogen) atoms. The number of nitrogens with one attached hydrogen (secondary N) is 1. The molecule has 2 aromatic rings. The first-order valence-corrected chi connectivity index (χ1v) is 10.9. The lowest BCUT2D eigenvalue weighted by atomic mass is 9.76. The molecule has 0 atom stereocenters. The van der Waals surface area contributed by atoms with Crippen LogP contribution < -0.4 is 10.5 Å². The molecule has 1 N–H and O–H groups in total. The van der Waals surface area contributed by atoms with E-state index in [2.05, 4.69) is 15.0 Å². The number of ether oxygens (including phenoxy) is 1. The Morgan fingerprint density at radius 1 is 1.20 bits per heavy atom. The highest BCUT2D eigenvalue weighted by Crippen LogP contribution is 2.44. The molecule has 2 saturated heterocycles. The zero-order chi connectivity index (χ0) is 20.7. The number of hydrogen-bond acceptors (Lipinski definition) is 6. The number of hydrogen-bond donors (Lipinski definition) is 1. The Morgan fingerprint density at radius 2 is 1.97 bits per heavy atom. The molecule has 0 unspecified atom stereocenters. The van der Waals surface area contributed by atoms with E-state index in [4.69, 9.17) is 9.72 Å². The van der Waals surface area contributed by atoms with E-state index in [1.165, 1.54) is 0 Å². The summed E-state index contributed by atoms with van der Waals surface area (Å²) >= 11 is 0. The number of likely N-dealkylation sites (tertiary alicyclic amines) is 1. The Kier molecular flexibility index (Phi) is 4.85. The Bertz CT molecular complexity index is 998. The first-order chi connectivity index (χ1) is 14.6. The van der Waals surface area contributed by atoms with Gasteiger partial charge in [0.05, 0.1) is 18.9 Å². The van der Waals surface area contributed by atoms with E-state index in [1.807, 2.05) is 11.8 Å². The summed E-state index contributed by atoms with van der Waals surface area (Å²) in [6, 6.07) is 1.79. The predicted molar refractivity (Wildman–Crippen MR) is 111 cm³/mol. The fourth-order valence-corrected chi connectivity index (χ4v) is 5.12. The number of rotatable bonds is 3. The van der Waals surface area contributed by atoms with Crippen molar-refractivity contribution in [3.8, 4) is 0 Å². The van der Waals surface area contributed by atoms with Gasteiger partial charge in [-0.15, -0.1) is 0 Å². The number of aryl methyl sites for hydroxylation is 1. The molecule has 2 aliphatic heterocycles. The summed E-state index contributed by atoms with van der Waals surface area (Å²) in [5, 5.41) is 4.22. The number of H-pyrrole nitrogens is 1. The van der Waals surface area contributed by atoms with Crippen molar-refractivity contribution in [3.05, 3.63) is 39.6 Å². The van der Waals surface area contributed by atoms with Gasteiger partial charge in [0.25, 0.3) is 11.5 Å². The van der Waals surface area contributed by atoms with Gasteiger partial charge < -0.3 is 14.5 Å². The molecule has 9 heteroatoms. The summed E-state index contributed by atoms with van der Waals surface area (Å²) in [6.07, 6.45) is 5.05. The number of carbonyl (C=O) groups excluding carboxylic acids is 1. The van der Waals surface area contributed by atoms with Crippen LogP contribution in [0, 0.1) is 0 Å². The van der Waals surface area contributed by atoms with Crippen LogP contribution in [0.3, 0.4) is 0 Å². The van der Waals surface area contributed by atoms with Gasteiger partial charge in [0.2, 0.25) is 5.95 Å². The normalized spacial score (nSPS) is 20.6. The minimum atomic E-state index is -0.105. The minimum absolute atomic E-state index is 0.0104. The molecular formula is C21H28N6O3. The van der Waals surface area contributed by atoms with Crippen LogP contribution in [0.2, 0.25) is 0 Å². The molecule has 160 valence electrons. The molecule has 1 aliphatic carbocycles. The third-order valence-corrected chi connectivity index (χ3v) is 6.91. The summed E-state index contributed by atoms with van der Waals surface area (Å²) < 4.78 is 7.17. The van der Waals surface area contributed by atoms with Crippen LogP contribution in [-0.2, 0) is 23.1 Å². The molecule has 2 aromatic heterocycles. The van der Waals surface area contributed by atoms with E-state index in [0.29, 0.717) is 44.5 Å². The maximum Gasteiger partial charge on any atom is 0.272 e. The van der Waals surface area contributed by atoms with Crippen molar-refractivity contribution in [2.24, 2.45) is 0 Å². The molecule has 1 spiro atoms. The quantitative estimate of drug-likeness (QED) is 0.806. The lowest BCUT2D eigenvalue weighted by molar-refractivity contribution is 0.0651. The van der Waals surface area contributed by atoms with Crippen molar-refractivity contribution >= 4 is 11.9 Å². The zero-order valence-corrected chi connectivity index (χ0v) is 17.4. The van der Waals surface area contributed by atoms with Crippen LogP contribution >= 0.6 is 0 Å². The molecule has 2 fully saturated rings. The lowest BCUT2D eigenvalue weighted by Crippen LogP contribution is -2.45. The largest absolute Gasteiger partial charge is 0.378 e. The Balaban J connectivity index is 1.37. The lowest BCUT2D eigenvalue weighted by Gasteiger charge is -2.39. The number of aromatic nitrogens is 4. The van der Waals surface area contributed by atoms with Crippen molar-refractivity contribution in [1.29, 1.82) is 0 Å². The number of nitrogens with zero attached hydrogens (tertiary/aromatic N) is 5. The number of amides is 1. The molecule has 4 heterocycles. The minimum Gasteiger partial charge on any atom is -0.378 e. The molecule has 1 amide bonds. The highest BCUT2D eigenvalue weighted by Gasteiger charge is 2.45. The van der Waals surface area contributed by atoms with Crippen molar-refractivity contribution in [2.45, 2.75) is 44.6 Å². The molecule has 0 bridgehead atoms. The maximum atomic E-state index is 13.0. The van der Waals surface area contributed by atoms with E-state index < -0.39 is 0 Å². The van der Waals surface area contributed by atoms with E-state index >= 15 is 0 Å². The topological polar surface area (TPSA) is 96.3 Å². The number of aromatic amines is 1. The second-order valence-corrected chi connectivity index (χ2v) is 8.42. The number of piperidine rings is 1. The molecule has 0 aromatic carbocycles. The Labute approximate surface area is 175 Å². The fourth-order valence-electron chi connectivity index (χ4n) is 5.12. The Morgan fingerprint density at radius 3 is 2.70 bits per heavy atom. The third-order valence-electron chi connectivity index (χ3n) is 6.91. The van der Waals surface area contributed by atoms with Gasteiger partial charge in [-0.25, -0.2) is 4.98 Å². The van der Waals surface area contributed by atoms with Crippen LogP contribution in [-0.4, -0.2) is 69.9 Å². The maximum absolute atomic E-state index is 13.0. The number of fused-ring (bicyclic) bond motifs is 2. The summed E-state index contributed by atoms with van der Waals surface area (Å²) in [4.78, 5) is 37.7. The highest BCUT2D eigenvalue weighted by molar-refractivity contribution is 5.92. The molecule has 0 radical (unpaired) electrons. The van der Waals surface area contributed by atoms with Gasteiger partial charge in [0.15, 0.2) is 0 Å². The average molecular weight is 412 g/mol. The van der Waals surface area contributed by atoms with Crippen LogP contribution in [0.25, 0.3) is 0 Å². The van der Waals surface area contributed by atoms with Crippen molar-refractivity contribution in [1.82, 2.24) is 24.6 Å². The van der Waals surface area contributed by atoms with Gasteiger partial charge in [0.1, 0.15) is 5.69 Å². The standard InChI is InChI=1S/C21H28N6O3/c1-2-27-16(4-8-22-27)19(29)25-9-6-21(7-10-25)5-3-15-17(21)23-20(24-18(15)28)26-11-13-30-14-12-26/h4,8H,2-3,5-7,9-14H2,1H3,(H,23,24,28). The van der Waals surface area contributed by atoms with Gasteiger partial charge in [-0.05, 0) is 38.7 Å². The van der Waals surface area contributed by atoms with E-state index in [9.17, 15) is 9.59 Å². The van der Waals surface area contributed by atoms with Crippen LogP contribution in [0.5, 0.6) is 0 Å². The summed E-state index contributed by atoms with van der Waals surface area (Å²) in [5.74, 6) is 0.698. The van der Waals surface area contributed by atoms with Crippen LogP contribution in [0.1, 0.15) is 47.9 Å². The molecular weight excluding hydrogens is 384 g/mol.